The van der Waals surface area contributed by atoms with Crippen molar-refractivity contribution in [1.82, 2.24) is 15.2 Å². The summed E-state index contributed by atoms with van der Waals surface area (Å²) in [5, 5.41) is 4.12. The van der Waals surface area contributed by atoms with Crippen LogP contribution in [0.3, 0.4) is 0 Å². The molecular formula is C16H23N3O. The van der Waals surface area contributed by atoms with Crippen LogP contribution in [0.5, 0.6) is 0 Å². The normalized spacial score (nSPS) is 13.1. The lowest BCUT2D eigenvalue weighted by Gasteiger charge is -2.25. The van der Waals surface area contributed by atoms with E-state index in [-0.39, 0.29) is 11.9 Å². The van der Waals surface area contributed by atoms with E-state index in [1.165, 1.54) is 0 Å². The van der Waals surface area contributed by atoms with E-state index in [0.717, 1.165) is 23.0 Å². The standard InChI is InChI=1S/C16H23N3O/c1-11(2)15(10-19(3)4)18-16(20)13-6-5-7-14-12(13)8-9-17-14/h5-9,11,15,17H,10H2,1-4H3,(H,18,20). The molecule has 0 bridgehead atoms. The molecule has 1 amide bonds. The molecular weight excluding hydrogens is 250 g/mol. The highest BCUT2D eigenvalue weighted by atomic mass is 16.1. The summed E-state index contributed by atoms with van der Waals surface area (Å²) in [6, 6.07) is 7.85. The Morgan fingerprint density at radius 3 is 2.70 bits per heavy atom. The Kier molecular flexibility index (Phi) is 4.45. The van der Waals surface area contributed by atoms with Crippen LogP contribution in [-0.4, -0.2) is 42.5 Å². The maximum absolute atomic E-state index is 12.5. The van der Waals surface area contributed by atoms with Crippen LogP contribution in [0.4, 0.5) is 0 Å². The van der Waals surface area contributed by atoms with Crippen LogP contribution in [0, 0.1) is 5.92 Å². The number of benzene rings is 1. The van der Waals surface area contributed by atoms with Gasteiger partial charge in [0.1, 0.15) is 0 Å². The molecule has 1 aromatic carbocycles. The van der Waals surface area contributed by atoms with Gasteiger partial charge in [-0.15, -0.1) is 0 Å². The summed E-state index contributed by atoms with van der Waals surface area (Å²) in [6.45, 7) is 5.10. The molecule has 0 saturated carbocycles. The number of H-pyrrole nitrogens is 1. The van der Waals surface area contributed by atoms with Gasteiger partial charge >= 0.3 is 0 Å². The number of likely N-dealkylation sites (N-methyl/N-ethyl adjacent to an activating group) is 1. The van der Waals surface area contributed by atoms with E-state index in [0.29, 0.717) is 5.92 Å². The minimum absolute atomic E-state index is 0.00394. The summed E-state index contributed by atoms with van der Waals surface area (Å²) in [6.07, 6.45) is 1.86. The van der Waals surface area contributed by atoms with Crippen LogP contribution in [0.25, 0.3) is 10.9 Å². The fraction of sp³-hybridized carbons (Fsp3) is 0.438. The molecule has 4 heteroatoms. The Morgan fingerprint density at radius 2 is 2.05 bits per heavy atom. The van der Waals surface area contributed by atoms with Crippen molar-refractivity contribution in [2.24, 2.45) is 5.92 Å². The molecule has 4 nitrogen and oxygen atoms in total. The second-order valence-electron chi connectivity index (χ2n) is 5.83. The third-order valence-electron chi connectivity index (χ3n) is 3.52. The van der Waals surface area contributed by atoms with Crippen molar-refractivity contribution in [2.45, 2.75) is 19.9 Å². The highest BCUT2D eigenvalue weighted by molar-refractivity contribution is 6.06. The predicted octanol–water partition coefficient (Wildman–Crippen LogP) is 2.48. The zero-order chi connectivity index (χ0) is 14.7. The lowest BCUT2D eigenvalue weighted by atomic mass is 10.0. The first-order valence-corrected chi connectivity index (χ1v) is 7.00. The fourth-order valence-electron chi connectivity index (χ4n) is 2.35. The summed E-state index contributed by atoms with van der Waals surface area (Å²) in [5.74, 6) is 0.391. The van der Waals surface area contributed by atoms with Gasteiger partial charge in [-0.3, -0.25) is 4.79 Å². The molecule has 0 aliphatic rings. The molecule has 1 aromatic heterocycles. The van der Waals surface area contributed by atoms with Gasteiger partial charge in [0.25, 0.3) is 5.91 Å². The van der Waals surface area contributed by atoms with Gasteiger partial charge in [0.2, 0.25) is 0 Å². The van der Waals surface area contributed by atoms with Gasteiger partial charge in [-0.25, -0.2) is 0 Å². The van der Waals surface area contributed by atoms with Gasteiger partial charge in [-0.2, -0.15) is 0 Å². The number of rotatable bonds is 5. The molecule has 2 N–H and O–H groups in total. The van der Waals surface area contributed by atoms with E-state index in [2.05, 4.69) is 29.0 Å². The molecule has 0 spiro atoms. The van der Waals surface area contributed by atoms with Crippen LogP contribution in [0.15, 0.2) is 30.5 Å². The first kappa shape index (κ1) is 14.6. The van der Waals surface area contributed by atoms with E-state index in [1.54, 1.807) is 0 Å². The number of aromatic amines is 1. The predicted molar refractivity (Wildman–Crippen MR) is 82.9 cm³/mol. The molecule has 1 unspecified atom stereocenters. The number of nitrogens with one attached hydrogen (secondary N) is 2. The van der Waals surface area contributed by atoms with Crippen molar-refractivity contribution in [1.29, 1.82) is 0 Å². The number of aromatic nitrogens is 1. The van der Waals surface area contributed by atoms with E-state index in [9.17, 15) is 4.79 Å². The van der Waals surface area contributed by atoms with Crippen molar-refractivity contribution in [3.8, 4) is 0 Å². The van der Waals surface area contributed by atoms with Crippen LogP contribution >= 0.6 is 0 Å². The van der Waals surface area contributed by atoms with E-state index in [4.69, 9.17) is 0 Å². The first-order chi connectivity index (χ1) is 9.49. The maximum Gasteiger partial charge on any atom is 0.252 e. The Labute approximate surface area is 120 Å². The van der Waals surface area contributed by atoms with Gasteiger partial charge in [-0.05, 0) is 38.2 Å². The maximum atomic E-state index is 12.5. The van der Waals surface area contributed by atoms with Crippen molar-refractivity contribution >= 4 is 16.8 Å². The van der Waals surface area contributed by atoms with Crippen molar-refractivity contribution in [3.05, 3.63) is 36.0 Å². The molecule has 20 heavy (non-hydrogen) atoms. The van der Waals surface area contributed by atoms with Gasteiger partial charge < -0.3 is 15.2 Å². The molecule has 1 heterocycles. The lowest BCUT2D eigenvalue weighted by Crippen LogP contribution is -2.45. The monoisotopic (exact) mass is 273 g/mol. The lowest BCUT2D eigenvalue weighted by molar-refractivity contribution is 0.0918. The number of fused-ring (bicyclic) bond motifs is 1. The summed E-state index contributed by atoms with van der Waals surface area (Å²) in [5.41, 5.74) is 1.72. The summed E-state index contributed by atoms with van der Waals surface area (Å²) in [4.78, 5) is 17.7. The Balaban J connectivity index is 2.20. The Morgan fingerprint density at radius 1 is 1.30 bits per heavy atom. The minimum Gasteiger partial charge on any atom is -0.361 e. The molecule has 108 valence electrons. The van der Waals surface area contributed by atoms with Crippen molar-refractivity contribution in [3.63, 3.8) is 0 Å². The van der Waals surface area contributed by atoms with Crippen LogP contribution < -0.4 is 5.32 Å². The number of hydrogen-bond acceptors (Lipinski definition) is 2. The van der Waals surface area contributed by atoms with Gasteiger partial charge in [0.15, 0.2) is 0 Å². The van der Waals surface area contributed by atoms with Gasteiger partial charge in [-0.1, -0.05) is 19.9 Å². The molecule has 2 rings (SSSR count). The molecule has 1 atom stereocenters. The topological polar surface area (TPSA) is 48.1 Å². The van der Waals surface area contributed by atoms with Gasteiger partial charge in [0, 0.05) is 35.2 Å². The number of carbonyl (C=O) groups excluding carboxylic acids is 1. The van der Waals surface area contributed by atoms with Crippen LogP contribution in [-0.2, 0) is 0 Å². The average molecular weight is 273 g/mol. The zero-order valence-electron chi connectivity index (χ0n) is 12.6. The quantitative estimate of drug-likeness (QED) is 0.879. The molecule has 0 aliphatic heterocycles. The highest BCUT2D eigenvalue weighted by Gasteiger charge is 2.19. The smallest absolute Gasteiger partial charge is 0.252 e. The van der Waals surface area contributed by atoms with Crippen LogP contribution in [0.1, 0.15) is 24.2 Å². The molecule has 0 radical (unpaired) electrons. The first-order valence-electron chi connectivity index (χ1n) is 7.00. The summed E-state index contributed by atoms with van der Waals surface area (Å²) >= 11 is 0. The van der Waals surface area contributed by atoms with Crippen molar-refractivity contribution < 1.29 is 4.79 Å². The third kappa shape index (κ3) is 3.20. The molecule has 2 aromatic rings. The van der Waals surface area contributed by atoms with E-state index < -0.39 is 0 Å². The third-order valence-corrected chi connectivity index (χ3v) is 3.52. The molecule has 0 aliphatic carbocycles. The Hall–Kier alpha value is -1.81. The number of carbonyl (C=O) groups is 1. The zero-order valence-corrected chi connectivity index (χ0v) is 12.6. The number of amides is 1. The van der Waals surface area contributed by atoms with Crippen molar-refractivity contribution in [2.75, 3.05) is 20.6 Å². The second-order valence-corrected chi connectivity index (χ2v) is 5.83. The SMILES string of the molecule is CC(C)C(CN(C)C)NC(=O)c1cccc2[nH]ccc12. The van der Waals surface area contributed by atoms with Gasteiger partial charge in [0.05, 0.1) is 0 Å². The summed E-state index contributed by atoms with van der Waals surface area (Å²) < 4.78 is 0. The summed E-state index contributed by atoms with van der Waals surface area (Å²) in [7, 11) is 4.04. The average Bonchev–Trinajstić information content (AvgIpc) is 2.84. The number of nitrogens with zero attached hydrogens (tertiary/aromatic N) is 1. The minimum atomic E-state index is -0.00394. The second kappa shape index (κ2) is 6.09. The van der Waals surface area contributed by atoms with Crippen LogP contribution in [0.2, 0.25) is 0 Å². The van der Waals surface area contributed by atoms with E-state index >= 15 is 0 Å². The van der Waals surface area contributed by atoms with E-state index in [1.807, 2.05) is 44.6 Å². The molecule has 0 saturated heterocycles. The fourth-order valence-corrected chi connectivity index (χ4v) is 2.35. The number of hydrogen-bond donors (Lipinski definition) is 2. The molecule has 0 fully saturated rings. The highest BCUT2D eigenvalue weighted by Crippen LogP contribution is 2.17. The Bertz CT molecular complexity index is 586. The largest absolute Gasteiger partial charge is 0.361 e.